The minimum absolute atomic E-state index is 0.141. The van der Waals surface area contributed by atoms with Crippen molar-refractivity contribution >= 4 is 29.3 Å². The van der Waals surface area contributed by atoms with Gasteiger partial charge in [0.05, 0.1) is 30.2 Å². The summed E-state index contributed by atoms with van der Waals surface area (Å²) in [5.74, 6) is -0.833. The lowest BCUT2D eigenvalue weighted by molar-refractivity contribution is -0.123. The van der Waals surface area contributed by atoms with Gasteiger partial charge in [-0.15, -0.1) is 0 Å². The predicted molar refractivity (Wildman–Crippen MR) is 144 cm³/mol. The molecule has 3 aliphatic rings. The maximum absolute atomic E-state index is 13.7. The second-order valence-electron chi connectivity index (χ2n) is 10.7. The Kier molecular flexibility index (Phi) is 6.29. The molecule has 1 saturated heterocycles. The minimum Gasteiger partial charge on any atom is -0.497 e. The zero-order valence-electron chi connectivity index (χ0n) is 21.8. The highest BCUT2D eigenvalue weighted by Crippen LogP contribution is 2.61. The number of ether oxygens (including phenoxy) is 2. The van der Waals surface area contributed by atoms with Gasteiger partial charge in [-0.2, -0.15) is 0 Å². The average molecular weight is 524 g/mol. The van der Waals surface area contributed by atoms with Gasteiger partial charge in [-0.25, -0.2) is 4.79 Å². The Morgan fingerprint density at radius 1 is 0.846 bits per heavy atom. The fourth-order valence-corrected chi connectivity index (χ4v) is 6.84. The quantitative estimate of drug-likeness (QED) is 0.245. The van der Waals surface area contributed by atoms with Gasteiger partial charge in [0, 0.05) is 5.56 Å². The number of methoxy groups -OCH3 is 1. The molecule has 6 rings (SSSR count). The Morgan fingerprint density at radius 2 is 1.56 bits per heavy atom. The van der Waals surface area contributed by atoms with Crippen molar-refractivity contribution in [2.75, 3.05) is 12.0 Å². The molecule has 6 atom stereocenters. The number of anilines is 1. The Hall–Kier alpha value is -4.26. The van der Waals surface area contributed by atoms with Crippen LogP contribution < -0.4 is 9.64 Å². The van der Waals surface area contributed by atoms with Crippen LogP contribution in [0.25, 0.3) is 0 Å². The van der Waals surface area contributed by atoms with Gasteiger partial charge in [-0.3, -0.25) is 19.3 Å². The number of carbonyl (C=O) groups excluding carboxylic acids is 4. The highest BCUT2D eigenvalue weighted by Gasteiger charge is 2.64. The number of hydrogen-bond donors (Lipinski definition) is 0. The van der Waals surface area contributed by atoms with Crippen LogP contribution in [-0.4, -0.2) is 36.8 Å². The number of amides is 2. The number of benzene rings is 3. The number of carbonyl (C=O) groups is 4. The molecule has 0 aromatic heterocycles. The number of rotatable bonds is 7. The maximum atomic E-state index is 13.7. The van der Waals surface area contributed by atoms with Gasteiger partial charge < -0.3 is 9.47 Å². The number of esters is 1. The minimum atomic E-state index is -1.02. The SMILES string of the molecule is COc1ccc(C(=O)[C@@H](C)OC(=O)c2cccc(N3C(=O)[C@H]4[C@H]5C[C@@H]([C@@H]4C3=O)[C@@H](c3ccccc3)C5)c2)cc1. The number of hydrogen-bond acceptors (Lipinski definition) is 6. The Morgan fingerprint density at radius 3 is 2.28 bits per heavy atom. The van der Waals surface area contributed by atoms with Crippen molar-refractivity contribution in [1.82, 2.24) is 0 Å². The molecular weight excluding hydrogens is 494 g/mol. The molecule has 2 aliphatic carbocycles. The van der Waals surface area contributed by atoms with Crippen molar-refractivity contribution in [3.8, 4) is 5.75 Å². The Bertz CT molecular complexity index is 1450. The molecule has 2 amide bonds. The molecule has 1 aliphatic heterocycles. The number of ketones is 1. The predicted octanol–water partition coefficient (Wildman–Crippen LogP) is 5.05. The first-order valence-corrected chi connectivity index (χ1v) is 13.3. The summed E-state index contributed by atoms with van der Waals surface area (Å²) in [6.07, 6.45) is 0.788. The molecule has 1 heterocycles. The molecule has 198 valence electrons. The van der Waals surface area contributed by atoms with Gasteiger partial charge in [-0.05, 0) is 85.5 Å². The van der Waals surface area contributed by atoms with E-state index in [2.05, 4.69) is 12.1 Å². The molecule has 0 radical (unpaired) electrons. The molecule has 0 N–H and O–H groups in total. The normalized spacial score (nSPS) is 25.9. The van der Waals surface area contributed by atoms with E-state index in [0.29, 0.717) is 17.0 Å². The van der Waals surface area contributed by atoms with Crippen LogP contribution in [0.4, 0.5) is 5.69 Å². The summed E-state index contributed by atoms with van der Waals surface area (Å²) in [5, 5.41) is 0. The lowest BCUT2D eigenvalue weighted by atomic mass is 9.73. The first-order chi connectivity index (χ1) is 18.9. The highest BCUT2D eigenvalue weighted by molar-refractivity contribution is 6.23. The number of fused-ring (bicyclic) bond motifs is 5. The summed E-state index contributed by atoms with van der Waals surface area (Å²) in [4.78, 5) is 54.1. The van der Waals surface area contributed by atoms with Crippen molar-refractivity contribution < 1.29 is 28.7 Å². The summed E-state index contributed by atoms with van der Waals surface area (Å²) in [6.45, 7) is 1.52. The van der Waals surface area contributed by atoms with E-state index >= 15 is 0 Å². The lowest BCUT2D eigenvalue weighted by Crippen LogP contribution is -2.33. The Labute approximate surface area is 226 Å². The van der Waals surface area contributed by atoms with Crippen LogP contribution in [-0.2, 0) is 14.3 Å². The zero-order chi connectivity index (χ0) is 27.3. The van der Waals surface area contributed by atoms with Crippen molar-refractivity contribution in [3.63, 3.8) is 0 Å². The van der Waals surface area contributed by atoms with E-state index < -0.39 is 12.1 Å². The van der Waals surface area contributed by atoms with E-state index in [1.54, 1.807) is 42.5 Å². The summed E-state index contributed by atoms with van der Waals surface area (Å²) in [7, 11) is 1.54. The first kappa shape index (κ1) is 25.0. The zero-order valence-corrected chi connectivity index (χ0v) is 21.8. The van der Waals surface area contributed by atoms with Crippen LogP contribution in [0, 0.1) is 23.7 Å². The van der Waals surface area contributed by atoms with Crippen LogP contribution in [0.15, 0.2) is 78.9 Å². The molecule has 0 unspecified atom stereocenters. The molecule has 2 saturated carbocycles. The van der Waals surface area contributed by atoms with Crippen molar-refractivity contribution in [1.29, 1.82) is 0 Å². The average Bonchev–Trinajstić information content (AvgIpc) is 3.64. The van der Waals surface area contributed by atoms with E-state index in [1.807, 2.05) is 18.2 Å². The van der Waals surface area contributed by atoms with E-state index in [-0.39, 0.29) is 52.8 Å². The third-order valence-electron chi connectivity index (χ3n) is 8.61. The van der Waals surface area contributed by atoms with Crippen LogP contribution >= 0.6 is 0 Å². The first-order valence-electron chi connectivity index (χ1n) is 13.3. The molecule has 39 heavy (non-hydrogen) atoms. The van der Waals surface area contributed by atoms with Gasteiger partial charge in [0.1, 0.15) is 5.75 Å². The molecule has 7 nitrogen and oxygen atoms in total. The van der Waals surface area contributed by atoms with Crippen molar-refractivity contribution in [3.05, 3.63) is 95.6 Å². The largest absolute Gasteiger partial charge is 0.497 e. The summed E-state index contributed by atoms with van der Waals surface area (Å²) < 4.78 is 10.6. The third-order valence-corrected chi connectivity index (χ3v) is 8.61. The van der Waals surface area contributed by atoms with Crippen LogP contribution in [0.3, 0.4) is 0 Å². The summed E-state index contributed by atoms with van der Waals surface area (Å²) in [5.41, 5.74) is 2.15. The van der Waals surface area contributed by atoms with Gasteiger partial charge in [0.2, 0.25) is 17.6 Å². The van der Waals surface area contributed by atoms with E-state index in [0.717, 1.165) is 12.8 Å². The summed E-state index contributed by atoms with van der Waals surface area (Å²) >= 11 is 0. The smallest absolute Gasteiger partial charge is 0.338 e. The molecule has 7 heteroatoms. The van der Waals surface area contributed by atoms with E-state index in [4.69, 9.17) is 9.47 Å². The fraction of sp³-hybridized carbons (Fsp3) is 0.312. The molecule has 3 aromatic carbocycles. The number of Topliss-reactive ketones (excluding diaryl/α,β-unsaturated/α-hetero) is 1. The molecular formula is C32H29NO6. The summed E-state index contributed by atoms with van der Waals surface area (Å²) in [6, 6.07) is 23.1. The topological polar surface area (TPSA) is 90.0 Å². The lowest BCUT2D eigenvalue weighted by Gasteiger charge is -2.28. The molecule has 3 fully saturated rings. The molecule has 3 aromatic rings. The van der Waals surface area contributed by atoms with Crippen LogP contribution in [0.2, 0.25) is 0 Å². The monoisotopic (exact) mass is 523 g/mol. The van der Waals surface area contributed by atoms with Crippen molar-refractivity contribution in [2.24, 2.45) is 23.7 Å². The third kappa shape index (κ3) is 4.22. The highest BCUT2D eigenvalue weighted by atomic mass is 16.5. The van der Waals surface area contributed by atoms with Crippen LogP contribution in [0.5, 0.6) is 5.75 Å². The van der Waals surface area contributed by atoms with Gasteiger partial charge in [-0.1, -0.05) is 36.4 Å². The molecule has 2 bridgehead atoms. The van der Waals surface area contributed by atoms with Gasteiger partial charge in [0.15, 0.2) is 6.10 Å². The maximum Gasteiger partial charge on any atom is 0.338 e. The number of nitrogens with zero attached hydrogens (tertiary/aromatic N) is 1. The number of imide groups is 1. The second-order valence-corrected chi connectivity index (χ2v) is 10.7. The van der Waals surface area contributed by atoms with E-state index in [9.17, 15) is 19.2 Å². The second kappa shape index (κ2) is 9.80. The molecule has 0 spiro atoms. The van der Waals surface area contributed by atoms with E-state index in [1.165, 1.54) is 30.6 Å². The van der Waals surface area contributed by atoms with Gasteiger partial charge in [0.25, 0.3) is 0 Å². The van der Waals surface area contributed by atoms with Gasteiger partial charge >= 0.3 is 5.97 Å². The van der Waals surface area contributed by atoms with Crippen molar-refractivity contribution in [2.45, 2.75) is 31.8 Å². The fourth-order valence-electron chi connectivity index (χ4n) is 6.84. The Balaban J connectivity index is 1.18. The van der Waals surface area contributed by atoms with Crippen LogP contribution in [0.1, 0.15) is 52.0 Å². The standard InChI is InChI=1S/C32H29NO6/c1-18(29(34)20-11-13-24(38-2)14-12-20)39-32(37)21-9-6-10-23(15-21)33-30(35)27-22-16-25(19-7-4-3-5-8-19)26(17-22)28(27)31(33)36/h3-15,18,22,25-28H,16-17H2,1-2H3/t18-,22-,25-,26-,27+,28+/m1/s1.